The Morgan fingerprint density at radius 2 is 1.26 bits per heavy atom. The van der Waals surface area contributed by atoms with Gasteiger partial charge in [0.15, 0.2) is 0 Å². The molecule has 2 nitrogen and oxygen atoms in total. The van der Waals surface area contributed by atoms with Gasteiger partial charge in [-0.15, -0.1) is 0 Å². The van der Waals surface area contributed by atoms with Gasteiger partial charge in [-0.05, 0) is 64.3 Å². The van der Waals surface area contributed by atoms with Crippen LogP contribution in [0.4, 0.5) is 0 Å². The maximum Gasteiger partial charge on any atom is 0.245 e. The highest BCUT2D eigenvalue weighted by Gasteiger charge is 2.37. The van der Waals surface area contributed by atoms with Crippen molar-refractivity contribution in [2.45, 2.75) is 39.5 Å². The molecule has 1 aliphatic rings. The molecule has 0 aliphatic carbocycles. The van der Waals surface area contributed by atoms with Crippen LogP contribution in [0, 0.1) is 0 Å². The van der Waals surface area contributed by atoms with Gasteiger partial charge < -0.3 is 4.57 Å². The standard InChI is InChI=1S/C35H31BN2/c1-22(2)25-13-9-14-26(23(3)4)34(25)36-30-15-10-20-37-35(30)29-19-18-24(21-31(29)36)38-32-16-7-5-11-27(32)28-12-6-8-17-33(28)38/h5-23H,1-4H3. The molecule has 0 spiro atoms. The smallest absolute Gasteiger partial charge is 0.245 e. The van der Waals surface area contributed by atoms with Crippen LogP contribution in [0.15, 0.2) is 103 Å². The topological polar surface area (TPSA) is 17.8 Å². The summed E-state index contributed by atoms with van der Waals surface area (Å²) < 4.78 is 2.43. The summed E-state index contributed by atoms with van der Waals surface area (Å²) in [6, 6.07) is 35.8. The van der Waals surface area contributed by atoms with Gasteiger partial charge in [0.2, 0.25) is 6.71 Å². The van der Waals surface area contributed by atoms with Crippen molar-refractivity contribution in [1.29, 1.82) is 0 Å². The van der Waals surface area contributed by atoms with E-state index in [9.17, 15) is 0 Å². The molecule has 6 aromatic rings. The molecule has 0 amide bonds. The van der Waals surface area contributed by atoms with E-state index in [0.717, 1.165) is 5.69 Å². The maximum absolute atomic E-state index is 4.91. The van der Waals surface area contributed by atoms with Gasteiger partial charge in [0.05, 0.1) is 16.7 Å². The molecule has 2 aromatic heterocycles. The van der Waals surface area contributed by atoms with Gasteiger partial charge in [-0.2, -0.15) is 0 Å². The van der Waals surface area contributed by atoms with Crippen LogP contribution in [0.25, 0.3) is 38.8 Å². The van der Waals surface area contributed by atoms with Crippen LogP contribution in [0.2, 0.25) is 0 Å². The summed E-state index contributed by atoms with van der Waals surface area (Å²) in [7, 11) is 0. The lowest BCUT2D eigenvalue weighted by atomic mass is 9.37. The highest BCUT2D eigenvalue weighted by Crippen LogP contribution is 2.33. The third-order valence-electron chi connectivity index (χ3n) is 8.30. The Kier molecular flexibility index (Phi) is 5.30. The third-order valence-corrected chi connectivity index (χ3v) is 8.30. The first-order valence-corrected chi connectivity index (χ1v) is 13.7. The second-order valence-corrected chi connectivity index (χ2v) is 11.2. The lowest BCUT2D eigenvalue weighted by molar-refractivity contribution is 0.845. The lowest BCUT2D eigenvalue weighted by Gasteiger charge is -2.24. The molecule has 0 N–H and O–H groups in total. The SMILES string of the molecule is CC(C)c1cccc(C(C)C)c1B1c2cc(-n3c4ccccc4c4ccccc43)ccc2-c2ncccc21. The quantitative estimate of drug-likeness (QED) is 0.245. The molecule has 0 bridgehead atoms. The largest absolute Gasteiger partial charge is 0.309 e. The number of pyridine rings is 1. The van der Waals surface area contributed by atoms with E-state index in [0.29, 0.717) is 11.8 Å². The van der Waals surface area contributed by atoms with Crippen molar-refractivity contribution in [3.63, 3.8) is 0 Å². The normalized spacial score (nSPS) is 12.6. The number of nitrogens with zero attached hydrogens (tertiary/aromatic N) is 2. The molecule has 3 heterocycles. The van der Waals surface area contributed by atoms with Crippen LogP contribution in [-0.4, -0.2) is 16.3 Å². The molecule has 0 atom stereocenters. The molecule has 0 saturated carbocycles. The van der Waals surface area contributed by atoms with Gasteiger partial charge in [0.1, 0.15) is 0 Å². The molecule has 0 radical (unpaired) electrons. The van der Waals surface area contributed by atoms with Crippen LogP contribution in [0.3, 0.4) is 0 Å². The molecule has 184 valence electrons. The van der Waals surface area contributed by atoms with E-state index in [1.165, 1.54) is 60.6 Å². The summed E-state index contributed by atoms with van der Waals surface area (Å²) in [5, 5.41) is 2.58. The average Bonchev–Trinajstić information content (AvgIpc) is 3.45. The average molecular weight is 490 g/mol. The number of rotatable bonds is 4. The molecule has 0 fully saturated rings. The maximum atomic E-state index is 4.91. The summed E-state index contributed by atoms with van der Waals surface area (Å²) in [6.45, 7) is 9.43. The second kappa shape index (κ2) is 8.73. The molecule has 0 saturated heterocycles. The summed E-state index contributed by atoms with van der Waals surface area (Å²) in [6.07, 6.45) is 1.93. The summed E-state index contributed by atoms with van der Waals surface area (Å²) in [5.74, 6) is 0.877. The van der Waals surface area contributed by atoms with E-state index in [2.05, 4.69) is 129 Å². The van der Waals surface area contributed by atoms with Crippen molar-refractivity contribution in [1.82, 2.24) is 9.55 Å². The van der Waals surface area contributed by atoms with Crippen LogP contribution >= 0.6 is 0 Å². The highest BCUT2D eigenvalue weighted by atomic mass is 15.0. The minimum atomic E-state index is 0.165. The monoisotopic (exact) mass is 490 g/mol. The van der Waals surface area contributed by atoms with E-state index < -0.39 is 0 Å². The zero-order valence-electron chi connectivity index (χ0n) is 22.4. The number of hydrogen-bond donors (Lipinski definition) is 0. The summed E-state index contributed by atoms with van der Waals surface area (Å²) >= 11 is 0. The Balaban J connectivity index is 1.54. The van der Waals surface area contributed by atoms with Gasteiger partial charge in [0, 0.05) is 22.7 Å². The fourth-order valence-electron chi connectivity index (χ4n) is 6.64. The molecular weight excluding hydrogens is 459 g/mol. The molecule has 4 aromatic carbocycles. The Morgan fingerprint density at radius 1 is 0.632 bits per heavy atom. The Bertz CT molecular complexity index is 1760. The van der Waals surface area contributed by atoms with E-state index in [-0.39, 0.29) is 6.71 Å². The fourth-order valence-corrected chi connectivity index (χ4v) is 6.64. The van der Waals surface area contributed by atoms with Crippen molar-refractivity contribution in [2.24, 2.45) is 0 Å². The van der Waals surface area contributed by atoms with E-state index >= 15 is 0 Å². The van der Waals surface area contributed by atoms with Gasteiger partial charge in [-0.25, -0.2) is 0 Å². The first-order valence-electron chi connectivity index (χ1n) is 13.7. The zero-order valence-corrected chi connectivity index (χ0v) is 22.4. The molecule has 1 aliphatic heterocycles. The number of aromatic nitrogens is 2. The van der Waals surface area contributed by atoms with Crippen molar-refractivity contribution in [2.75, 3.05) is 0 Å². The first kappa shape index (κ1) is 23.0. The predicted molar refractivity (Wildman–Crippen MR) is 163 cm³/mol. The highest BCUT2D eigenvalue weighted by molar-refractivity contribution is 6.99. The molecule has 7 rings (SSSR count). The van der Waals surface area contributed by atoms with E-state index in [4.69, 9.17) is 4.98 Å². The zero-order chi connectivity index (χ0) is 26.0. The van der Waals surface area contributed by atoms with Crippen LogP contribution in [0.1, 0.15) is 50.7 Å². The predicted octanol–water partition coefficient (Wildman–Crippen LogP) is 6.92. The van der Waals surface area contributed by atoms with E-state index in [1.54, 1.807) is 0 Å². The Morgan fingerprint density at radius 3 is 1.89 bits per heavy atom. The van der Waals surface area contributed by atoms with Crippen molar-refractivity contribution < 1.29 is 0 Å². The minimum Gasteiger partial charge on any atom is -0.309 e. The van der Waals surface area contributed by atoms with Crippen LogP contribution in [-0.2, 0) is 0 Å². The Labute approximate surface area is 225 Å². The van der Waals surface area contributed by atoms with Gasteiger partial charge in [-0.3, -0.25) is 4.98 Å². The van der Waals surface area contributed by atoms with Crippen molar-refractivity contribution in [3.05, 3.63) is 114 Å². The van der Waals surface area contributed by atoms with Crippen LogP contribution < -0.4 is 16.4 Å². The first-order chi connectivity index (χ1) is 18.5. The lowest BCUT2D eigenvalue weighted by Crippen LogP contribution is -2.52. The second-order valence-electron chi connectivity index (χ2n) is 11.2. The minimum absolute atomic E-state index is 0.165. The number of benzene rings is 4. The molecule has 38 heavy (non-hydrogen) atoms. The summed E-state index contributed by atoms with van der Waals surface area (Å²) in [4.78, 5) is 4.91. The fraction of sp³-hybridized carbons (Fsp3) is 0.171. The van der Waals surface area contributed by atoms with Crippen molar-refractivity contribution >= 4 is 44.9 Å². The van der Waals surface area contributed by atoms with Crippen LogP contribution in [0.5, 0.6) is 0 Å². The van der Waals surface area contributed by atoms with Gasteiger partial charge in [0.25, 0.3) is 0 Å². The molecular formula is C35H31BN2. The van der Waals surface area contributed by atoms with Gasteiger partial charge in [-0.1, -0.05) is 105 Å². The Hall–Kier alpha value is -4.11. The number of para-hydroxylation sites is 2. The van der Waals surface area contributed by atoms with Gasteiger partial charge >= 0.3 is 0 Å². The third kappa shape index (κ3) is 3.31. The summed E-state index contributed by atoms with van der Waals surface area (Å²) in [5.41, 5.74) is 13.1. The van der Waals surface area contributed by atoms with E-state index in [1.807, 2.05) is 6.20 Å². The van der Waals surface area contributed by atoms with Crippen molar-refractivity contribution in [3.8, 4) is 16.9 Å². The molecule has 3 heteroatoms. The number of hydrogen-bond acceptors (Lipinski definition) is 1. The molecule has 0 unspecified atom stereocenters. The number of fused-ring (bicyclic) bond motifs is 6.